The fourth-order valence-electron chi connectivity index (χ4n) is 2.31. The van der Waals surface area contributed by atoms with Crippen LogP contribution in [0.1, 0.15) is 25.9 Å². The van der Waals surface area contributed by atoms with E-state index in [0.717, 1.165) is 29.0 Å². The molecule has 1 N–H and O–H groups in total. The quantitative estimate of drug-likeness (QED) is 0.621. The highest BCUT2D eigenvalue weighted by molar-refractivity contribution is 7.13. The smallest absolute Gasteiger partial charge is 0.267 e. The molecule has 0 radical (unpaired) electrons. The van der Waals surface area contributed by atoms with Gasteiger partial charge in [0.05, 0.1) is 11.4 Å². The molecule has 2 aromatic carbocycles. The summed E-state index contributed by atoms with van der Waals surface area (Å²) >= 11 is 1.08. The van der Waals surface area contributed by atoms with Crippen LogP contribution in [0.15, 0.2) is 36.4 Å². The number of carbonyl (C=O) groups is 1. The summed E-state index contributed by atoms with van der Waals surface area (Å²) in [6, 6.07) is 9.19. The Bertz CT molecular complexity index is 987. The highest BCUT2D eigenvalue weighted by Crippen LogP contribution is 2.24. The average molecular weight is 392 g/mol. The molecule has 0 aliphatic carbocycles. The highest BCUT2D eigenvalue weighted by Gasteiger charge is 2.19. The van der Waals surface area contributed by atoms with Gasteiger partial charge in [-0.05, 0) is 38.1 Å². The summed E-state index contributed by atoms with van der Waals surface area (Å²) in [7, 11) is 0. The monoisotopic (exact) mass is 392 g/mol. The molecule has 4 nitrogen and oxygen atoms in total. The highest BCUT2D eigenvalue weighted by atomic mass is 32.1. The molecule has 8 heteroatoms. The van der Waals surface area contributed by atoms with Crippen molar-refractivity contribution in [2.75, 3.05) is 5.32 Å². The van der Waals surface area contributed by atoms with E-state index in [1.165, 1.54) is 0 Å². The second-order valence-electron chi connectivity index (χ2n) is 5.80. The van der Waals surface area contributed by atoms with Gasteiger partial charge in [-0.3, -0.25) is 4.79 Å². The van der Waals surface area contributed by atoms with Crippen molar-refractivity contribution in [2.45, 2.75) is 20.5 Å². The van der Waals surface area contributed by atoms with Crippen LogP contribution < -0.4 is 10.1 Å². The van der Waals surface area contributed by atoms with Crippen LogP contribution >= 0.6 is 11.3 Å². The van der Waals surface area contributed by atoms with E-state index in [1.54, 1.807) is 6.92 Å². The van der Waals surface area contributed by atoms with E-state index < -0.39 is 29.0 Å². The van der Waals surface area contributed by atoms with Gasteiger partial charge in [-0.15, -0.1) is 11.3 Å². The van der Waals surface area contributed by atoms with Crippen LogP contribution in [0.25, 0.3) is 0 Å². The van der Waals surface area contributed by atoms with Gasteiger partial charge in [0.25, 0.3) is 5.91 Å². The van der Waals surface area contributed by atoms with Crippen LogP contribution in [0, 0.1) is 31.3 Å². The van der Waals surface area contributed by atoms with Crippen molar-refractivity contribution >= 4 is 22.9 Å². The Hall–Kier alpha value is -2.87. The number of anilines is 1. The zero-order valence-corrected chi connectivity index (χ0v) is 15.3. The van der Waals surface area contributed by atoms with E-state index in [0.29, 0.717) is 16.5 Å². The third-order valence-corrected chi connectivity index (χ3v) is 4.84. The van der Waals surface area contributed by atoms with Crippen LogP contribution in [-0.4, -0.2) is 10.9 Å². The molecule has 0 aliphatic heterocycles. The molecular formula is C19H15F3N2O2S. The van der Waals surface area contributed by atoms with Crippen molar-refractivity contribution in [3.8, 4) is 5.75 Å². The first kappa shape index (κ1) is 18.9. The second kappa shape index (κ2) is 7.79. The Morgan fingerprint density at radius 3 is 2.48 bits per heavy atom. The minimum absolute atomic E-state index is 0.168. The predicted molar refractivity (Wildman–Crippen MR) is 96.6 cm³/mol. The normalized spacial score (nSPS) is 10.7. The molecule has 0 saturated carbocycles. The first-order chi connectivity index (χ1) is 12.8. The Labute approximate surface area is 157 Å². The molecule has 1 heterocycles. The number of halogens is 3. The first-order valence-electron chi connectivity index (χ1n) is 7.95. The molecule has 0 unspecified atom stereocenters. The van der Waals surface area contributed by atoms with E-state index >= 15 is 0 Å². The van der Waals surface area contributed by atoms with Crippen LogP contribution in [0.2, 0.25) is 0 Å². The number of nitrogens with zero attached hydrogens (tertiary/aromatic N) is 1. The van der Waals surface area contributed by atoms with Gasteiger partial charge in [-0.25, -0.2) is 18.2 Å². The topological polar surface area (TPSA) is 51.2 Å². The van der Waals surface area contributed by atoms with Crippen molar-refractivity contribution in [3.63, 3.8) is 0 Å². The summed E-state index contributed by atoms with van der Waals surface area (Å²) in [4.78, 5) is 16.8. The summed E-state index contributed by atoms with van der Waals surface area (Å²) in [6.45, 7) is 3.76. The number of benzene rings is 2. The lowest BCUT2D eigenvalue weighted by atomic mass is 10.2. The van der Waals surface area contributed by atoms with E-state index in [1.807, 2.05) is 31.2 Å². The summed E-state index contributed by atoms with van der Waals surface area (Å²) in [5.41, 5.74) is 1.10. The first-order valence-corrected chi connectivity index (χ1v) is 8.77. The minimum atomic E-state index is -1.64. The number of aromatic nitrogens is 1. The molecule has 1 amide bonds. The molecule has 0 aliphatic rings. The van der Waals surface area contributed by atoms with Crippen molar-refractivity contribution in [1.29, 1.82) is 0 Å². The van der Waals surface area contributed by atoms with Crippen LogP contribution in [0.5, 0.6) is 5.75 Å². The largest absolute Gasteiger partial charge is 0.486 e. The predicted octanol–water partition coefficient (Wildman–Crippen LogP) is 5.01. The lowest BCUT2D eigenvalue weighted by molar-refractivity contribution is 0.102. The number of ether oxygens (including phenoxy) is 1. The van der Waals surface area contributed by atoms with Gasteiger partial charge < -0.3 is 10.1 Å². The number of rotatable bonds is 5. The van der Waals surface area contributed by atoms with Crippen LogP contribution in [-0.2, 0) is 6.61 Å². The molecule has 1 aromatic heterocycles. The number of hydrogen-bond donors (Lipinski definition) is 1. The Kier molecular flexibility index (Phi) is 5.46. The van der Waals surface area contributed by atoms with Gasteiger partial charge in [0.2, 0.25) is 0 Å². The molecule has 0 bridgehead atoms. The van der Waals surface area contributed by atoms with Crippen LogP contribution in [0.3, 0.4) is 0 Å². The number of hydrogen-bond acceptors (Lipinski definition) is 4. The van der Waals surface area contributed by atoms with Gasteiger partial charge >= 0.3 is 0 Å². The molecular weight excluding hydrogens is 377 g/mol. The molecule has 3 rings (SSSR count). The molecule has 140 valence electrons. The second-order valence-corrected chi connectivity index (χ2v) is 6.88. The molecule has 0 atom stereocenters. The van der Waals surface area contributed by atoms with Gasteiger partial charge in [0.15, 0.2) is 17.5 Å². The van der Waals surface area contributed by atoms with Crippen molar-refractivity contribution in [1.82, 2.24) is 4.98 Å². The zero-order chi connectivity index (χ0) is 19.6. The third-order valence-electron chi connectivity index (χ3n) is 3.71. The van der Waals surface area contributed by atoms with Gasteiger partial charge in [0.1, 0.15) is 22.2 Å². The van der Waals surface area contributed by atoms with Crippen molar-refractivity contribution < 1.29 is 22.7 Å². The van der Waals surface area contributed by atoms with Gasteiger partial charge in [-0.2, -0.15) is 0 Å². The van der Waals surface area contributed by atoms with E-state index in [2.05, 4.69) is 10.3 Å². The standard InChI is InChI=1S/C19H15F3N2O2S/c1-10-3-5-12(6-4-10)26-9-15-23-11(2)18(27-15)19(25)24-14-8-7-13(20)16(21)17(14)22/h3-8H,9H2,1-2H3,(H,24,25). The Morgan fingerprint density at radius 1 is 1.07 bits per heavy atom. The zero-order valence-electron chi connectivity index (χ0n) is 14.5. The number of aryl methyl sites for hydroxylation is 2. The lowest BCUT2D eigenvalue weighted by Gasteiger charge is -2.06. The van der Waals surface area contributed by atoms with E-state index in [9.17, 15) is 18.0 Å². The van der Waals surface area contributed by atoms with Crippen molar-refractivity contribution in [2.24, 2.45) is 0 Å². The van der Waals surface area contributed by atoms with Gasteiger partial charge in [0, 0.05) is 0 Å². The maximum Gasteiger partial charge on any atom is 0.267 e. The number of amides is 1. The average Bonchev–Trinajstić information content (AvgIpc) is 3.02. The van der Waals surface area contributed by atoms with Crippen LogP contribution in [0.4, 0.5) is 18.9 Å². The molecule has 0 fully saturated rings. The van der Waals surface area contributed by atoms with Gasteiger partial charge in [-0.1, -0.05) is 17.7 Å². The number of carbonyl (C=O) groups excluding carboxylic acids is 1. The summed E-state index contributed by atoms with van der Waals surface area (Å²) in [5.74, 6) is -4.40. The number of thiazole rings is 1. The summed E-state index contributed by atoms with van der Waals surface area (Å²) in [5, 5.41) is 2.80. The fourth-order valence-corrected chi connectivity index (χ4v) is 3.18. The molecule has 0 saturated heterocycles. The molecule has 3 aromatic rings. The third kappa shape index (κ3) is 4.28. The SMILES string of the molecule is Cc1ccc(OCc2nc(C)c(C(=O)Nc3ccc(F)c(F)c3F)s2)cc1. The number of nitrogens with one attached hydrogen (secondary N) is 1. The maximum atomic E-state index is 13.7. The maximum absolute atomic E-state index is 13.7. The fraction of sp³-hybridized carbons (Fsp3) is 0.158. The summed E-state index contributed by atoms with van der Waals surface area (Å²) in [6.07, 6.45) is 0. The van der Waals surface area contributed by atoms with E-state index in [4.69, 9.17) is 4.74 Å². The lowest BCUT2D eigenvalue weighted by Crippen LogP contribution is -2.13. The van der Waals surface area contributed by atoms with Crippen molar-refractivity contribution in [3.05, 3.63) is 75.0 Å². The minimum Gasteiger partial charge on any atom is -0.486 e. The molecule has 27 heavy (non-hydrogen) atoms. The van der Waals surface area contributed by atoms with E-state index in [-0.39, 0.29) is 11.5 Å². The Balaban J connectivity index is 1.71. The molecule has 0 spiro atoms. The Morgan fingerprint density at radius 2 is 1.78 bits per heavy atom. The summed E-state index contributed by atoms with van der Waals surface area (Å²) < 4.78 is 45.6.